The molecular formula is C16H17FN2O. The number of hydrogen-bond donors (Lipinski definition) is 2. The van der Waals surface area contributed by atoms with Gasteiger partial charge in [-0.3, -0.25) is 4.79 Å². The molecule has 0 unspecified atom stereocenters. The summed E-state index contributed by atoms with van der Waals surface area (Å²) in [6.45, 7) is 3.88. The van der Waals surface area contributed by atoms with Gasteiger partial charge in [-0.1, -0.05) is 24.3 Å². The quantitative estimate of drug-likeness (QED) is 0.843. The molecule has 0 aliphatic rings. The molecule has 0 spiro atoms. The van der Waals surface area contributed by atoms with Gasteiger partial charge in [-0.2, -0.15) is 0 Å². The lowest BCUT2D eigenvalue weighted by Crippen LogP contribution is -2.27. The fourth-order valence-corrected chi connectivity index (χ4v) is 2.10. The zero-order valence-corrected chi connectivity index (χ0v) is 11.5. The zero-order chi connectivity index (χ0) is 14.7. The van der Waals surface area contributed by atoms with Gasteiger partial charge in [0.2, 0.25) is 0 Å². The highest BCUT2D eigenvalue weighted by molar-refractivity contribution is 5.94. The number of halogens is 1. The van der Waals surface area contributed by atoms with E-state index in [1.54, 1.807) is 0 Å². The summed E-state index contributed by atoms with van der Waals surface area (Å²) in [5.74, 6) is -0.902. The summed E-state index contributed by atoms with van der Waals surface area (Å²) in [7, 11) is 0. The Morgan fingerprint density at radius 2 is 1.95 bits per heavy atom. The Morgan fingerprint density at radius 1 is 1.25 bits per heavy atom. The Morgan fingerprint density at radius 3 is 2.60 bits per heavy atom. The number of nitrogens with one attached hydrogen (secondary N) is 1. The first-order chi connectivity index (χ1) is 9.49. The number of amides is 1. The van der Waals surface area contributed by atoms with Gasteiger partial charge in [-0.15, -0.1) is 0 Å². The number of rotatable bonds is 3. The normalized spacial score (nSPS) is 11.9. The number of hydrogen-bond acceptors (Lipinski definition) is 2. The molecular weight excluding hydrogens is 255 g/mol. The monoisotopic (exact) mass is 272 g/mol. The lowest BCUT2D eigenvalue weighted by atomic mass is 10.0. The predicted molar refractivity (Wildman–Crippen MR) is 77.9 cm³/mol. The van der Waals surface area contributed by atoms with Crippen LogP contribution in [-0.2, 0) is 0 Å². The van der Waals surface area contributed by atoms with E-state index < -0.39 is 5.82 Å². The van der Waals surface area contributed by atoms with E-state index in [0.29, 0.717) is 0 Å². The zero-order valence-electron chi connectivity index (χ0n) is 11.5. The van der Waals surface area contributed by atoms with Gasteiger partial charge in [0.15, 0.2) is 0 Å². The van der Waals surface area contributed by atoms with E-state index in [1.807, 2.05) is 38.1 Å². The fourth-order valence-electron chi connectivity index (χ4n) is 2.10. The summed E-state index contributed by atoms with van der Waals surface area (Å²) < 4.78 is 13.4. The lowest BCUT2D eigenvalue weighted by Gasteiger charge is -2.16. The van der Waals surface area contributed by atoms with Crippen LogP contribution < -0.4 is 11.1 Å². The minimum absolute atomic E-state index is 0.0357. The maximum atomic E-state index is 13.4. The second-order valence-corrected chi connectivity index (χ2v) is 4.79. The van der Waals surface area contributed by atoms with Crippen molar-refractivity contribution in [3.8, 4) is 0 Å². The second kappa shape index (κ2) is 5.74. The summed E-state index contributed by atoms with van der Waals surface area (Å²) in [5, 5.41) is 2.85. The van der Waals surface area contributed by atoms with Crippen LogP contribution in [0.5, 0.6) is 0 Å². The van der Waals surface area contributed by atoms with Crippen molar-refractivity contribution in [2.75, 3.05) is 5.73 Å². The number of carbonyl (C=O) groups excluding carboxylic acids is 1. The Bertz CT molecular complexity index is 640. The number of carbonyl (C=O) groups is 1. The van der Waals surface area contributed by atoms with Crippen molar-refractivity contribution in [3.63, 3.8) is 0 Å². The van der Waals surface area contributed by atoms with E-state index in [0.717, 1.165) is 17.2 Å². The first kappa shape index (κ1) is 14.1. The summed E-state index contributed by atoms with van der Waals surface area (Å²) in [4.78, 5) is 12.1. The molecule has 2 aromatic carbocycles. The van der Waals surface area contributed by atoms with Crippen LogP contribution in [0.25, 0.3) is 0 Å². The fraction of sp³-hybridized carbons (Fsp3) is 0.188. The van der Waals surface area contributed by atoms with Gasteiger partial charge in [-0.05, 0) is 43.2 Å². The Hall–Kier alpha value is -2.36. The SMILES string of the molecule is Cc1ccccc1[C@H](C)NC(=O)c1ccc(N)c(F)c1. The van der Waals surface area contributed by atoms with Crippen LogP contribution in [-0.4, -0.2) is 5.91 Å². The van der Waals surface area contributed by atoms with E-state index >= 15 is 0 Å². The van der Waals surface area contributed by atoms with E-state index in [1.165, 1.54) is 12.1 Å². The molecule has 0 bridgehead atoms. The molecule has 4 heteroatoms. The molecule has 0 aliphatic heterocycles. The highest BCUT2D eigenvalue weighted by atomic mass is 19.1. The first-order valence-corrected chi connectivity index (χ1v) is 6.40. The molecule has 2 rings (SSSR count). The van der Waals surface area contributed by atoms with Gasteiger partial charge in [0.25, 0.3) is 5.91 Å². The van der Waals surface area contributed by atoms with Gasteiger partial charge in [0.1, 0.15) is 5.82 Å². The van der Waals surface area contributed by atoms with Gasteiger partial charge in [-0.25, -0.2) is 4.39 Å². The van der Waals surface area contributed by atoms with Gasteiger partial charge in [0.05, 0.1) is 11.7 Å². The molecule has 0 radical (unpaired) electrons. The molecule has 1 atom stereocenters. The van der Waals surface area contributed by atoms with Crippen molar-refractivity contribution in [3.05, 3.63) is 65.0 Å². The van der Waals surface area contributed by atoms with Crippen LogP contribution >= 0.6 is 0 Å². The van der Waals surface area contributed by atoms with Gasteiger partial charge >= 0.3 is 0 Å². The van der Waals surface area contributed by atoms with Gasteiger partial charge in [0, 0.05) is 5.56 Å². The van der Waals surface area contributed by atoms with Crippen LogP contribution in [0.1, 0.15) is 34.5 Å². The highest BCUT2D eigenvalue weighted by Crippen LogP contribution is 2.18. The van der Waals surface area contributed by atoms with Crippen molar-refractivity contribution >= 4 is 11.6 Å². The van der Waals surface area contributed by atoms with E-state index in [9.17, 15) is 9.18 Å². The van der Waals surface area contributed by atoms with Crippen LogP contribution in [0.4, 0.5) is 10.1 Å². The Balaban J connectivity index is 2.15. The summed E-state index contributed by atoms with van der Waals surface area (Å²) in [6.07, 6.45) is 0. The van der Waals surface area contributed by atoms with Crippen LogP contribution in [0.15, 0.2) is 42.5 Å². The third-order valence-electron chi connectivity index (χ3n) is 3.27. The van der Waals surface area contributed by atoms with Crippen LogP contribution in [0.2, 0.25) is 0 Å². The van der Waals surface area contributed by atoms with Crippen molar-refractivity contribution in [2.24, 2.45) is 0 Å². The smallest absolute Gasteiger partial charge is 0.251 e. The molecule has 1 amide bonds. The standard InChI is InChI=1S/C16H17FN2O/c1-10-5-3-4-6-13(10)11(2)19-16(20)12-7-8-15(18)14(17)9-12/h3-9,11H,18H2,1-2H3,(H,19,20)/t11-/m0/s1. The molecule has 0 saturated heterocycles. The largest absolute Gasteiger partial charge is 0.396 e. The van der Waals surface area contributed by atoms with E-state index in [-0.39, 0.29) is 23.2 Å². The Labute approximate surface area is 117 Å². The number of benzene rings is 2. The average Bonchev–Trinajstić information content (AvgIpc) is 2.42. The van der Waals surface area contributed by atoms with Gasteiger partial charge < -0.3 is 11.1 Å². The molecule has 0 heterocycles. The third kappa shape index (κ3) is 2.96. The average molecular weight is 272 g/mol. The number of anilines is 1. The molecule has 0 fully saturated rings. The van der Waals surface area contributed by atoms with Crippen molar-refractivity contribution in [1.82, 2.24) is 5.32 Å². The minimum atomic E-state index is -0.582. The lowest BCUT2D eigenvalue weighted by molar-refractivity contribution is 0.0939. The molecule has 2 aromatic rings. The molecule has 3 N–H and O–H groups in total. The Kier molecular flexibility index (Phi) is 4.03. The summed E-state index contributed by atoms with van der Waals surface area (Å²) in [6, 6.07) is 11.7. The first-order valence-electron chi connectivity index (χ1n) is 6.40. The number of nitrogens with two attached hydrogens (primary N) is 1. The minimum Gasteiger partial charge on any atom is -0.396 e. The van der Waals surface area contributed by atoms with Crippen molar-refractivity contribution in [1.29, 1.82) is 0 Å². The molecule has 3 nitrogen and oxygen atoms in total. The molecule has 0 aromatic heterocycles. The number of nitrogen functional groups attached to an aromatic ring is 1. The summed E-state index contributed by atoms with van der Waals surface area (Å²) in [5.41, 5.74) is 7.83. The van der Waals surface area contributed by atoms with E-state index in [2.05, 4.69) is 5.32 Å². The highest BCUT2D eigenvalue weighted by Gasteiger charge is 2.13. The molecule has 0 saturated carbocycles. The maximum Gasteiger partial charge on any atom is 0.251 e. The van der Waals surface area contributed by atoms with Crippen molar-refractivity contribution in [2.45, 2.75) is 19.9 Å². The number of aryl methyl sites for hydroxylation is 1. The third-order valence-corrected chi connectivity index (χ3v) is 3.27. The predicted octanol–water partition coefficient (Wildman–Crippen LogP) is 3.21. The second-order valence-electron chi connectivity index (χ2n) is 4.79. The maximum absolute atomic E-state index is 13.4. The van der Waals surface area contributed by atoms with Crippen LogP contribution in [0, 0.1) is 12.7 Å². The molecule has 20 heavy (non-hydrogen) atoms. The summed E-state index contributed by atoms with van der Waals surface area (Å²) >= 11 is 0. The molecule has 0 aliphatic carbocycles. The molecule has 104 valence electrons. The topological polar surface area (TPSA) is 55.1 Å². The van der Waals surface area contributed by atoms with E-state index in [4.69, 9.17) is 5.73 Å². The van der Waals surface area contributed by atoms with Crippen LogP contribution in [0.3, 0.4) is 0 Å². The van der Waals surface area contributed by atoms with Crippen molar-refractivity contribution < 1.29 is 9.18 Å².